The van der Waals surface area contributed by atoms with Gasteiger partial charge < -0.3 is 25.0 Å². The van der Waals surface area contributed by atoms with Crippen molar-refractivity contribution in [3.05, 3.63) is 36.0 Å². The molecule has 272 valence electrons. The molecule has 1 saturated carbocycles. The monoisotopic (exact) mass is 693 g/mol. The Morgan fingerprint density at radius 3 is 2.33 bits per heavy atom. The molecular formula is C39H63N7O2S. The first kappa shape index (κ1) is 37.8. The Morgan fingerprint density at radius 1 is 1.02 bits per heavy atom. The lowest BCUT2D eigenvalue weighted by Gasteiger charge is -2.38. The molecule has 1 aliphatic carbocycles. The lowest BCUT2D eigenvalue weighted by atomic mass is 9.97. The summed E-state index contributed by atoms with van der Waals surface area (Å²) >= 11 is 1.88. The van der Waals surface area contributed by atoms with Crippen molar-refractivity contribution < 1.29 is 9.90 Å². The van der Waals surface area contributed by atoms with Crippen molar-refractivity contribution in [3.8, 4) is 0 Å². The van der Waals surface area contributed by atoms with Gasteiger partial charge in [0.2, 0.25) is 5.95 Å². The lowest BCUT2D eigenvalue weighted by molar-refractivity contribution is -0.109. The smallest absolute Gasteiger partial charge is 0.224 e. The third-order valence-electron chi connectivity index (χ3n) is 11.1. The number of nitrogens with zero attached hydrogens (tertiary/aromatic N) is 6. The molecular weight excluding hydrogens is 631 g/mol. The van der Waals surface area contributed by atoms with Crippen molar-refractivity contribution in [1.29, 1.82) is 0 Å². The zero-order chi connectivity index (χ0) is 34.8. The van der Waals surface area contributed by atoms with Gasteiger partial charge in [-0.25, -0.2) is 9.29 Å². The number of likely N-dealkylation sites (N-methyl/N-ethyl adjacent to an activating group) is 1. The fourth-order valence-corrected chi connectivity index (χ4v) is 8.88. The van der Waals surface area contributed by atoms with Gasteiger partial charge in [0.1, 0.15) is 12.1 Å². The second kappa shape index (κ2) is 18.2. The Balaban J connectivity index is 1.15. The van der Waals surface area contributed by atoms with Crippen LogP contribution >= 0.6 is 11.9 Å². The minimum absolute atomic E-state index is 0.0591. The van der Waals surface area contributed by atoms with E-state index in [4.69, 9.17) is 9.97 Å². The Morgan fingerprint density at radius 2 is 1.71 bits per heavy atom. The van der Waals surface area contributed by atoms with Crippen LogP contribution in [0.1, 0.15) is 104 Å². The number of piperidine rings is 1. The van der Waals surface area contributed by atoms with Gasteiger partial charge in [-0.1, -0.05) is 53.0 Å². The molecule has 1 aromatic carbocycles. The summed E-state index contributed by atoms with van der Waals surface area (Å²) in [6, 6.07) is 9.34. The minimum atomic E-state index is -0.490. The molecule has 3 fully saturated rings. The van der Waals surface area contributed by atoms with E-state index in [9.17, 15) is 9.90 Å². The van der Waals surface area contributed by atoms with Crippen molar-refractivity contribution in [2.75, 3.05) is 68.0 Å². The average Bonchev–Trinajstić information content (AvgIpc) is 3.93. The van der Waals surface area contributed by atoms with Crippen molar-refractivity contribution in [2.45, 2.75) is 127 Å². The van der Waals surface area contributed by atoms with E-state index in [1.54, 1.807) is 0 Å². The van der Waals surface area contributed by atoms with Crippen LogP contribution in [0.4, 0.5) is 17.5 Å². The summed E-state index contributed by atoms with van der Waals surface area (Å²) in [5, 5.41) is 14.5. The molecule has 9 nitrogen and oxygen atoms in total. The highest BCUT2D eigenvalue weighted by Crippen LogP contribution is 2.49. The van der Waals surface area contributed by atoms with Gasteiger partial charge in [-0.05, 0) is 87.4 Å². The van der Waals surface area contributed by atoms with Gasteiger partial charge in [-0.15, -0.1) is 0 Å². The highest BCUT2D eigenvalue weighted by Gasteiger charge is 2.47. The van der Waals surface area contributed by atoms with Crippen molar-refractivity contribution in [3.63, 3.8) is 0 Å². The number of aldehydes is 1. The molecule has 2 aliphatic heterocycles. The summed E-state index contributed by atoms with van der Waals surface area (Å²) in [7, 11) is 2.01. The molecule has 5 rings (SSSR count). The number of carbonyl (C=O) groups excluding carboxylic acids is 1. The van der Waals surface area contributed by atoms with Crippen LogP contribution in [0.3, 0.4) is 0 Å². The topological polar surface area (TPSA) is 88.1 Å². The number of piperazine rings is 1. The lowest BCUT2D eigenvalue weighted by Crippen LogP contribution is -2.47. The summed E-state index contributed by atoms with van der Waals surface area (Å²) in [5.74, 6) is 2.23. The number of hydrogen-bond acceptors (Lipinski definition) is 10. The molecule has 2 N–H and O–H groups in total. The number of anilines is 3. The predicted molar refractivity (Wildman–Crippen MR) is 205 cm³/mol. The molecule has 0 radical (unpaired) electrons. The van der Waals surface area contributed by atoms with Crippen LogP contribution in [-0.2, 0) is 10.2 Å². The first-order chi connectivity index (χ1) is 23.8. The Kier molecular flexibility index (Phi) is 14.1. The molecule has 49 heavy (non-hydrogen) atoms. The summed E-state index contributed by atoms with van der Waals surface area (Å²) in [5.41, 5.74) is 1.75. The number of aliphatic hydroxyl groups excluding tert-OH is 1. The van der Waals surface area contributed by atoms with Crippen LogP contribution < -0.4 is 15.1 Å². The van der Waals surface area contributed by atoms with E-state index >= 15 is 0 Å². The van der Waals surface area contributed by atoms with Crippen molar-refractivity contribution in [2.24, 2.45) is 5.92 Å². The standard InChI is InChI=1S/C39H63N7O2S/c1-6-11-30(12-7-2)28-44-22-24-45(25-23-44)32-14-10-15-33(26-32)49-46-20-16-31(17-21-46)41-38-40-27-34(39(29-47)18-19-39)37(42-38)43(5)35(13-8-3)36(48)9-4/h10,14-15,26-27,29-31,35-36,48H,6-9,11-13,16-25,28H2,1-5H3,(H,40,41,42)/t35?,36-/m0/s1. The quantitative estimate of drug-likeness (QED) is 0.118. The molecule has 2 atom stereocenters. The van der Waals surface area contributed by atoms with E-state index in [-0.39, 0.29) is 12.1 Å². The molecule has 0 bridgehead atoms. The van der Waals surface area contributed by atoms with E-state index < -0.39 is 11.5 Å². The van der Waals surface area contributed by atoms with E-state index in [0.29, 0.717) is 12.4 Å². The van der Waals surface area contributed by atoms with Crippen molar-refractivity contribution >= 4 is 35.7 Å². The fraction of sp³-hybridized carbons (Fsp3) is 0.718. The second-order valence-corrected chi connectivity index (χ2v) is 16.0. The maximum atomic E-state index is 12.1. The molecule has 3 aliphatic rings. The fourth-order valence-electron chi connectivity index (χ4n) is 7.87. The summed E-state index contributed by atoms with van der Waals surface area (Å²) in [4.78, 5) is 30.6. The number of nitrogens with one attached hydrogen (secondary N) is 1. The largest absolute Gasteiger partial charge is 0.391 e. The first-order valence-electron chi connectivity index (χ1n) is 19.3. The Bertz CT molecular complexity index is 1300. The van der Waals surface area contributed by atoms with Gasteiger partial charge in [0.15, 0.2) is 0 Å². The molecule has 0 spiro atoms. The van der Waals surface area contributed by atoms with Crippen LogP contribution in [-0.4, -0.2) is 102 Å². The normalized spacial score (nSPS) is 19.9. The van der Waals surface area contributed by atoms with Crippen LogP contribution in [0, 0.1) is 5.92 Å². The van der Waals surface area contributed by atoms with Crippen LogP contribution in [0.5, 0.6) is 0 Å². The van der Waals surface area contributed by atoms with Crippen molar-refractivity contribution in [1.82, 2.24) is 19.2 Å². The molecule has 2 saturated heterocycles. The van der Waals surface area contributed by atoms with Crippen LogP contribution in [0.2, 0.25) is 0 Å². The summed E-state index contributed by atoms with van der Waals surface area (Å²) < 4.78 is 2.49. The SMILES string of the molecule is CCCC(CCC)CN1CCN(c2cccc(SN3CCC(Nc4ncc(C5(C=O)CC5)c(N(C)C(CCC)[C@@H](O)CC)n4)CC3)c2)CC1. The molecule has 0 amide bonds. The Hall–Kier alpha value is -2.40. The zero-order valence-electron chi connectivity index (χ0n) is 30.9. The molecule has 1 unspecified atom stereocenters. The number of rotatable bonds is 19. The van der Waals surface area contributed by atoms with Gasteiger partial charge in [0.25, 0.3) is 0 Å². The van der Waals surface area contributed by atoms with Crippen LogP contribution in [0.15, 0.2) is 35.4 Å². The third kappa shape index (κ3) is 9.89. The van der Waals surface area contributed by atoms with E-state index in [1.807, 2.05) is 32.1 Å². The van der Waals surface area contributed by atoms with E-state index in [2.05, 4.69) is 69.4 Å². The van der Waals surface area contributed by atoms with Crippen LogP contribution in [0.25, 0.3) is 0 Å². The first-order valence-corrected chi connectivity index (χ1v) is 20.1. The number of benzene rings is 1. The molecule has 3 heterocycles. The number of aromatic nitrogens is 2. The molecule has 10 heteroatoms. The van der Waals surface area contributed by atoms with Gasteiger partial charge in [-0.3, -0.25) is 4.90 Å². The van der Waals surface area contributed by atoms with Gasteiger partial charge >= 0.3 is 0 Å². The predicted octanol–water partition coefficient (Wildman–Crippen LogP) is 7.00. The maximum absolute atomic E-state index is 12.1. The molecule has 2 aromatic rings. The zero-order valence-corrected chi connectivity index (χ0v) is 31.8. The number of aliphatic hydroxyl groups is 1. The third-order valence-corrected chi connectivity index (χ3v) is 12.2. The maximum Gasteiger partial charge on any atom is 0.224 e. The average molecular weight is 694 g/mol. The van der Waals surface area contributed by atoms with Gasteiger partial charge in [0.05, 0.1) is 17.6 Å². The highest BCUT2D eigenvalue weighted by molar-refractivity contribution is 7.97. The molecule has 1 aromatic heterocycles. The number of carbonyl (C=O) groups is 1. The number of hydrogen-bond donors (Lipinski definition) is 2. The van der Waals surface area contributed by atoms with Gasteiger partial charge in [-0.2, -0.15) is 4.98 Å². The highest BCUT2D eigenvalue weighted by atomic mass is 32.2. The summed E-state index contributed by atoms with van der Waals surface area (Å²) in [6.07, 6.45) is 13.9. The summed E-state index contributed by atoms with van der Waals surface area (Å²) in [6.45, 7) is 16.6. The van der Waals surface area contributed by atoms with Gasteiger partial charge in [0, 0.05) is 81.2 Å². The second-order valence-electron chi connectivity index (χ2n) is 14.8. The Labute approximate surface area is 300 Å². The van der Waals surface area contributed by atoms with E-state index in [1.165, 1.54) is 42.8 Å². The van der Waals surface area contributed by atoms with E-state index in [0.717, 1.165) is 101 Å². The minimum Gasteiger partial charge on any atom is -0.391 e.